The first kappa shape index (κ1) is 21.7. The first-order valence-corrected chi connectivity index (χ1v) is 10.3. The smallest absolute Gasteiger partial charge is 0.303 e. The predicted octanol–water partition coefficient (Wildman–Crippen LogP) is 4.58. The number of carbonyl (C=O) groups is 2. The molecule has 1 N–H and O–H groups in total. The van der Waals surface area contributed by atoms with Crippen LogP contribution in [0.4, 0.5) is 4.39 Å². The monoisotopic (exact) mass is 455 g/mol. The average molecular weight is 456 g/mol. The summed E-state index contributed by atoms with van der Waals surface area (Å²) in [5.74, 6) is -1.33. The molecule has 2 heterocycles. The van der Waals surface area contributed by atoms with Crippen molar-refractivity contribution >= 4 is 40.1 Å². The zero-order valence-electron chi connectivity index (χ0n) is 17.1. The highest BCUT2D eigenvalue weighted by molar-refractivity contribution is 6.30. The molecule has 4 rings (SSSR count). The van der Waals surface area contributed by atoms with Crippen molar-refractivity contribution in [3.05, 3.63) is 70.6 Å². The lowest BCUT2D eigenvalue weighted by atomic mass is 9.98. The number of aromatic nitrogens is 1. The fourth-order valence-corrected chi connectivity index (χ4v) is 3.96. The fraction of sp³-hybridized carbons (Fsp3) is 0.217. The quantitative estimate of drug-likeness (QED) is 0.549. The van der Waals surface area contributed by atoms with Crippen molar-refractivity contribution in [2.45, 2.75) is 25.3 Å². The Labute approximate surface area is 188 Å². The van der Waals surface area contributed by atoms with E-state index in [0.717, 1.165) is 5.39 Å². The largest absolute Gasteiger partial charge is 0.494 e. The van der Waals surface area contributed by atoms with E-state index < -0.39 is 17.9 Å². The van der Waals surface area contributed by atoms with Gasteiger partial charge in [0.25, 0.3) is 0 Å². The van der Waals surface area contributed by atoms with Gasteiger partial charge in [-0.05, 0) is 29.8 Å². The normalized spacial score (nSPS) is 15.7. The number of carboxylic acid groups (broad SMARTS) is 1. The predicted molar refractivity (Wildman–Crippen MR) is 117 cm³/mol. The number of para-hydroxylation sites is 1. The number of pyridine rings is 1. The summed E-state index contributed by atoms with van der Waals surface area (Å²) in [7, 11) is 1.54. The summed E-state index contributed by atoms with van der Waals surface area (Å²) in [6, 6.07) is 12.5. The van der Waals surface area contributed by atoms with Crippen molar-refractivity contribution < 1.29 is 23.8 Å². The van der Waals surface area contributed by atoms with E-state index in [1.807, 2.05) is 18.2 Å². The second kappa shape index (κ2) is 8.92. The number of methoxy groups -OCH3 is 1. The highest BCUT2D eigenvalue weighted by atomic mass is 35.5. The van der Waals surface area contributed by atoms with Gasteiger partial charge in [-0.1, -0.05) is 35.9 Å². The zero-order chi connectivity index (χ0) is 22.8. The van der Waals surface area contributed by atoms with Crippen molar-refractivity contribution in [3.8, 4) is 5.75 Å². The van der Waals surface area contributed by atoms with Gasteiger partial charge in [-0.15, -0.1) is 0 Å². The average Bonchev–Trinajstić information content (AvgIpc) is 3.22. The number of rotatable bonds is 6. The fourth-order valence-electron chi connectivity index (χ4n) is 3.69. The number of fused-ring (bicyclic) bond motifs is 1. The van der Waals surface area contributed by atoms with Gasteiger partial charge in [0.2, 0.25) is 5.91 Å². The molecule has 2 aromatic carbocycles. The second-order valence-electron chi connectivity index (χ2n) is 7.31. The van der Waals surface area contributed by atoms with Crippen LogP contribution in [-0.2, 0) is 9.59 Å². The summed E-state index contributed by atoms with van der Waals surface area (Å²) in [4.78, 5) is 28.3. The van der Waals surface area contributed by atoms with E-state index in [4.69, 9.17) is 21.4 Å². The maximum atomic E-state index is 13.4. The summed E-state index contributed by atoms with van der Waals surface area (Å²) in [5.41, 5.74) is 2.40. The van der Waals surface area contributed by atoms with Crippen LogP contribution in [0, 0.1) is 5.82 Å². The molecule has 3 aromatic rings. The van der Waals surface area contributed by atoms with Crippen LogP contribution in [0.1, 0.15) is 36.4 Å². The molecule has 0 spiro atoms. The third-order valence-corrected chi connectivity index (χ3v) is 5.57. The Morgan fingerprint density at radius 2 is 1.97 bits per heavy atom. The van der Waals surface area contributed by atoms with Gasteiger partial charge in [-0.25, -0.2) is 14.4 Å². The van der Waals surface area contributed by atoms with Crippen LogP contribution in [0.5, 0.6) is 5.75 Å². The minimum Gasteiger partial charge on any atom is -0.494 e. The molecule has 1 aliphatic heterocycles. The molecule has 32 heavy (non-hydrogen) atoms. The molecular weight excluding hydrogens is 437 g/mol. The molecular formula is C23H19ClFN3O4. The SMILES string of the molecule is COc1cccc2cc([C@H]3CC(c4ccc(F)cc4)=NN3C(=O)CCC(=O)O)c(Cl)nc12. The third kappa shape index (κ3) is 4.27. The lowest BCUT2D eigenvalue weighted by Crippen LogP contribution is -2.27. The summed E-state index contributed by atoms with van der Waals surface area (Å²) < 4.78 is 18.7. The van der Waals surface area contributed by atoms with Crippen LogP contribution in [0.25, 0.3) is 10.9 Å². The summed E-state index contributed by atoms with van der Waals surface area (Å²) in [5, 5.41) is 15.7. The van der Waals surface area contributed by atoms with E-state index >= 15 is 0 Å². The highest BCUT2D eigenvalue weighted by Crippen LogP contribution is 2.38. The van der Waals surface area contributed by atoms with Crippen LogP contribution < -0.4 is 4.74 Å². The van der Waals surface area contributed by atoms with Crippen LogP contribution in [-0.4, -0.2) is 39.8 Å². The number of nitrogens with zero attached hydrogens (tertiary/aromatic N) is 3. The Bertz CT molecular complexity index is 1230. The van der Waals surface area contributed by atoms with Gasteiger partial charge in [0.05, 0.1) is 25.3 Å². The molecule has 0 fully saturated rings. The van der Waals surface area contributed by atoms with Crippen molar-refractivity contribution in [2.75, 3.05) is 7.11 Å². The first-order chi connectivity index (χ1) is 15.4. The number of aliphatic carboxylic acids is 1. The van der Waals surface area contributed by atoms with Gasteiger partial charge in [0.1, 0.15) is 22.2 Å². The van der Waals surface area contributed by atoms with Gasteiger partial charge >= 0.3 is 5.97 Å². The Morgan fingerprint density at radius 1 is 1.22 bits per heavy atom. The number of ether oxygens (including phenoxy) is 1. The molecule has 0 saturated heterocycles. The molecule has 0 aliphatic carbocycles. The number of halogens is 2. The molecule has 0 saturated carbocycles. The highest BCUT2D eigenvalue weighted by Gasteiger charge is 2.35. The van der Waals surface area contributed by atoms with Crippen LogP contribution in [0.2, 0.25) is 5.15 Å². The van der Waals surface area contributed by atoms with E-state index in [1.54, 1.807) is 25.3 Å². The van der Waals surface area contributed by atoms with E-state index in [2.05, 4.69) is 10.1 Å². The molecule has 164 valence electrons. The van der Waals surface area contributed by atoms with Gasteiger partial charge in [-0.3, -0.25) is 9.59 Å². The number of amides is 1. The lowest BCUT2D eigenvalue weighted by Gasteiger charge is -2.23. The second-order valence-corrected chi connectivity index (χ2v) is 7.66. The Morgan fingerprint density at radius 3 is 2.66 bits per heavy atom. The lowest BCUT2D eigenvalue weighted by molar-refractivity contribution is -0.141. The van der Waals surface area contributed by atoms with Gasteiger partial charge in [0.15, 0.2) is 0 Å². The Hall–Kier alpha value is -3.52. The Balaban J connectivity index is 1.75. The minimum atomic E-state index is -1.07. The zero-order valence-corrected chi connectivity index (χ0v) is 17.8. The molecule has 0 radical (unpaired) electrons. The molecule has 9 heteroatoms. The number of hydrazone groups is 1. The van der Waals surface area contributed by atoms with Crippen LogP contribution in [0.3, 0.4) is 0 Å². The van der Waals surface area contributed by atoms with Crippen LogP contribution >= 0.6 is 11.6 Å². The van der Waals surface area contributed by atoms with Crippen LogP contribution in [0.15, 0.2) is 53.6 Å². The van der Waals surface area contributed by atoms with E-state index in [0.29, 0.717) is 34.5 Å². The number of hydrogen-bond acceptors (Lipinski definition) is 5. The molecule has 1 atom stereocenters. The third-order valence-electron chi connectivity index (χ3n) is 5.26. The summed E-state index contributed by atoms with van der Waals surface area (Å²) in [6.45, 7) is 0. The number of benzene rings is 2. The Kier molecular flexibility index (Phi) is 6.05. The topological polar surface area (TPSA) is 92.1 Å². The van der Waals surface area contributed by atoms with E-state index in [-0.39, 0.29) is 23.8 Å². The van der Waals surface area contributed by atoms with Crippen molar-refractivity contribution in [1.29, 1.82) is 0 Å². The van der Waals surface area contributed by atoms with Gasteiger partial charge in [-0.2, -0.15) is 5.10 Å². The van der Waals surface area contributed by atoms with Crippen molar-refractivity contribution in [3.63, 3.8) is 0 Å². The van der Waals surface area contributed by atoms with Gasteiger partial charge < -0.3 is 9.84 Å². The minimum absolute atomic E-state index is 0.193. The van der Waals surface area contributed by atoms with Crippen molar-refractivity contribution in [2.24, 2.45) is 5.10 Å². The van der Waals surface area contributed by atoms with E-state index in [1.165, 1.54) is 17.1 Å². The molecule has 1 aromatic heterocycles. The molecule has 7 nitrogen and oxygen atoms in total. The number of carbonyl (C=O) groups excluding carboxylic acids is 1. The number of hydrogen-bond donors (Lipinski definition) is 1. The molecule has 1 amide bonds. The summed E-state index contributed by atoms with van der Waals surface area (Å²) >= 11 is 6.52. The summed E-state index contributed by atoms with van der Waals surface area (Å²) in [6.07, 6.45) is -0.204. The number of carboxylic acids is 1. The molecule has 0 unspecified atom stereocenters. The first-order valence-electron chi connectivity index (χ1n) is 9.88. The maximum Gasteiger partial charge on any atom is 0.303 e. The van der Waals surface area contributed by atoms with E-state index in [9.17, 15) is 14.0 Å². The maximum absolute atomic E-state index is 13.4. The van der Waals surface area contributed by atoms with Crippen molar-refractivity contribution in [1.82, 2.24) is 9.99 Å². The van der Waals surface area contributed by atoms with Gasteiger partial charge in [0, 0.05) is 23.8 Å². The standard InChI is InChI=1S/C23H19ClFN3O4/c1-32-19-4-2-3-14-11-16(23(24)26-22(14)19)18-12-17(13-5-7-15(25)8-6-13)27-28(18)20(29)9-10-21(30)31/h2-8,11,18H,9-10,12H2,1H3,(H,30,31)/t18-/m1/s1. The molecule has 0 bridgehead atoms. The molecule has 1 aliphatic rings.